The van der Waals surface area contributed by atoms with E-state index in [9.17, 15) is 8.42 Å². The summed E-state index contributed by atoms with van der Waals surface area (Å²) < 4.78 is 38.0. The normalized spacial score (nSPS) is 24.4. The molecule has 1 fully saturated rings. The van der Waals surface area contributed by atoms with E-state index in [1.807, 2.05) is 0 Å². The molecular weight excluding hydrogens is 316 g/mol. The molecule has 118 valence electrons. The van der Waals surface area contributed by atoms with Crippen LogP contribution in [-0.2, 0) is 10.0 Å². The number of fused-ring (bicyclic) bond motifs is 1. The van der Waals surface area contributed by atoms with Crippen LogP contribution in [0.5, 0.6) is 11.5 Å². The van der Waals surface area contributed by atoms with Gasteiger partial charge in [-0.25, -0.2) is 13.1 Å². The minimum absolute atomic E-state index is 0. The molecule has 2 aliphatic heterocycles. The number of ether oxygens (including phenoxy) is 2. The Labute approximate surface area is 130 Å². The maximum Gasteiger partial charge on any atom is 0.241 e. The molecule has 1 saturated heterocycles. The number of nitrogens with one attached hydrogen (secondary N) is 2. The van der Waals surface area contributed by atoms with Crippen molar-refractivity contribution in [2.45, 2.75) is 24.3 Å². The second-order valence-electron chi connectivity index (χ2n) is 5.21. The predicted octanol–water partition coefficient (Wildman–Crippen LogP) is 1.11. The van der Waals surface area contributed by atoms with E-state index in [0.717, 1.165) is 13.0 Å². The van der Waals surface area contributed by atoms with Gasteiger partial charge in [0.2, 0.25) is 16.8 Å². The minimum atomic E-state index is -3.54. The van der Waals surface area contributed by atoms with Crippen molar-refractivity contribution in [3.63, 3.8) is 0 Å². The zero-order chi connectivity index (χ0) is 14.2. The molecule has 0 amide bonds. The topological polar surface area (TPSA) is 76.7 Å². The van der Waals surface area contributed by atoms with Crippen LogP contribution in [-0.4, -0.2) is 34.3 Å². The fraction of sp³-hybridized carbons (Fsp3) is 0.538. The molecule has 2 aliphatic rings. The number of sulfonamides is 1. The number of halogens is 1. The van der Waals surface area contributed by atoms with Crippen molar-refractivity contribution in [3.8, 4) is 11.5 Å². The molecule has 2 atom stereocenters. The van der Waals surface area contributed by atoms with E-state index >= 15 is 0 Å². The first-order valence-corrected chi connectivity index (χ1v) is 8.17. The molecule has 0 saturated carbocycles. The summed E-state index contributed by atoms with van der Waals surface area (Å²) in [5.41, 5.74) is 0. The molecule has 8 heteroatoms. The lowest BCUT2D eigenvalue weighted by atomic mass is 9.96. The van der Waals surface area contributed by atoms with Crippen molar-refractivity contribution >= 4 is 22.4 Å². The van der Waals surface area contributed by atoms with Crippen LogP contribution in [0.3, 0.4) is 0 Å². The van der Waals surface area contributed by atoms with Crippen molar-refractivity contribution in [3.05, 3.63) is 18.2 Å². The first-order chi connectivity index (χ1) is 9.56. The fourth-order valence-corrected chi connectivity index (χ4v) is 3.82. The molecule has 1 aromatic carbocycles. The summed E-state index contributed by atoms with van der Waals surface area (Å²) in [7, 11) is -3.54. The summed E-state index contributed by atoms with van der Waals surface area (Å²) in [6.07, 6.45) is 0.967. The maximum absolute atomic E-state index is 12.4. The number of hydrogen-bond donors (Lipinski definition) is 2. The third-order valence-electron chi connectivity index (χ3n) is 3.79. The molecule has 0 aromatic heterocycles. The Balaban J connectivity index is 0.00000161. The van der Waals surface area contributed by atoms with Gasteiger partial charge in [-0.2, -0.15) is 0 Å². The van der Waals surface area contributed by atoms with Gasteiger partial charge in [0.1, 0.15) is 0 Å². The van der Waals surface area contributed by atoms with Gasteiger partial charge in [-0.1, -0.05) is 6.92 Å². The SMILES string of the molecule is CC1CCNCC1NS(=O)(=O)c1ccc2c(c1)OCO2.Cl. The van der Waals surface area contributed by atoms with Gasteiger partial charge < -0.3 is 14.8 Å². The van der Waals surface area contributed by atoms with E-state index < -0.39 is 10.0 Å². The minimum Gasteiger partial charge on any atom is -0.454 e. The Bertz CT molecular complexity index is 608. The zero-order valence-electron chi connectivity index (χ0n) is 11.7. The van der Waals surface area contributed by atoms with Crippen LogP contribution in [0.2, 0.25) is 0 Å². The van der Waals surface area contributed by atoms with Gasteiger partial charge in [0.25, 0.3) is 0 Å². The van der Waals surface area contributed by atoms with E-state index in [-0.39, 0.29) is 30.1 Å². The number of benzene rings is 1. The summed E-state index contributed by atoms with van der Waals surface area (Å²) in [5, 5.41) is 3.21. The third-order valence-corrected chi connectivity index (χ3v) is 5.28. The van der Waals surface area contributed by atoms with Crippen molar-refractivity contribution < 1.29 is 17.9 Å². The average molecular weight is 335 g/mol. The van der Waals surface area contributed by atoms with Crippen LogP contribution in [0.4, 0.5) is 0 Å². The average Bonchev–Trinajstić information content (AvgIpc) is 2.88. The largest absolute Gasteiger partial charge is 0.454 e. The molecule has 2 N–H and O–H groups in total. The number of rotatable bonds is 3. The Kier molecular flexibility index (Phi) is 4.98. The number of piperidine rings is 1. The molecule has 0 bridgehead atoms. The molecule has 0 spiro atoms. The molecule has 3 rings (SSSR count). The lowest BCUT2D eigenvalue weighted by molar-refractivity contribution is 0.174. The number of hydrogen-bond acceptors (Lipinski definition) is 5. The molecule has 2 heterocycles. The first kappa shape index (κ1) is 16.4. The summed E-state index contributed by atoms with van der Waals surface area (Å²) in [6.45, 7) is 3.79. The standard InChI is InChI=1S/C13H18N2O4S.ClH/c1-9-4-5-14-7-11(9)15-20(16,17)10-2-3-12-13(6-10)19-8-18-12;/h2-3,6,9,11,14-15H,4-5,7-8H2,1H3;1H. The Hall–Kier alpha value is -1.02. The van der Waals surface area contributed by atoms with Crippen molar-refractivity contribution in [1.82, 2.24) is 10.0 Å². The van der Waals surface area contributed by atoms with Gasteiger partial charge in [-0.15, -0.1) is 12.4 Å². The highest BCUT2D eigenvalue weighted by Crippen LogP contribution is 2.33. The van der Waals surface area contributed by atoms with Gasteiger partial charge >= 0.3 is 0 Å². The summed E-state index contributed by atoms with van der Waals surface area (Å²) in [5.74, 6) is 1.37. The first-order valence-electron chi connectivity index (χ1n) is 6.69. The van der Waals surface area contributed by atoms with Gasteiger partial charge in [0.05, 0.1) is 4.90 Å². The molecule has 1 aromatic rings. The van der Waals surface area contributed by atoms with Crippen LogP contribution in [0.15, 0.2) is 23.1 Å². The van der Waals surface area contributed by atoms with Gasteiger partial charge in [0.15, 0.2) is 11.5 Å². The molecular formula is C13H19ClN2O4S. The zero-order valence-corrected chi connectivity index (χ0v) is 13.3. The quantitative estimate of drug-likeness (QED) is 0.866. The smallest absolute Gasteiger partial charge is 0.241 e. The van der Waals surface area contributed by atoms with Crippen LogP contribution in [0, 0.1) is 5.92 Å². The highest BCUT2D eigenvalue weighted by atomic mass is 35.5. The van der Waals surface area contributed by atoms with E-state index in [2.05, 4.69) is 17.0 Å². The Morgan fingerprint density at radius 2 is 2.05 bits per heavy atom. The maximum atomic E-state index is 12.4. The predicted molar refractivity (Wildman–Crippen MR) is 80.6 cm³/mol. The molecule has 0 aliphatic carbocycles. The third kappa shape index (κ3) is 3.42. The Morgan fingerprint density at radius 3 is 2.81 bits per heavy atom. The fourth-order valence-electron chi connectivity index (χ4n) is 2.46. The molecule has 0 radical (unpaired) electrons. The monoisotopic (exact) mass is 334 g/mol. The van der Waals surface area contributed by atoms with E-state index in [1.165, 1.54) is 12.1 Å². The van der Waals surface area contributed by atoms with Gasteiger partial charge in [-0.05, 0) is 31.0 Å². The summed E-state index contributed by atoms with van der Waals surface area (Å²) >= 11 is 0. The van der Waals surface area contributed by atoms with E-state index in [0.29, 0.717) is 24.0 Å². The highest BCUT2D eigenvalue weighted by Gasteiger charge is 2.27. The van der Waals surface area contributed by atoms with Crippen LogP contribution in [0.1, 0.15) is 13.3 Å². The van der Waals surface area contributed by atoms with Crippen LogP contribution in [0.25, 0.3) is 0 Å². The van der Waals surface area contributed by atoms with Crippen LogP contribution >= 0.6 is 12.4 Å². The van der Waals surface area contributed by atoms with Crippen molar-refractivity contribution in [2.24, 2.45) is 5.92 Å². The second-order valence-corrected chi connectivity index (χ2v) is 6.93. The van der Waals surface area contributed by atoms with Crippen LogP contribution < -0.4 is 19.5 Å². The summed E-state index contributed by atoms with van der Waals surface area (Å²) in [6, 6.07) is 4.58. The lowest BCUT2D eigenvalue weighted by Crippen LogP contribution is -2.50. The second kappa shape index (κ2) is 6.39. The molecule has 2 unspecified atom stereocenters. The lowest BCUT2D eigenvalue weighted by Gasteiger charge is -2.29. The highest BCUT2D eigenvalue weighted by molar-refractivity contribution is 7.89. The molecule has 21 heavy (non-hydrogen) atoms. The van der Waals surface area contributed by atoms with Gasteiger partial charge in [0, 0.05) is 18.7 Å². The van der Waals surface area contributed by atoms with E-state index in [1.54, 1.807) is 6.07 Å². The van der Waals surface area contributed by atoms with E-state index in [4.69, 9.17) is 9.47 Å². The summed E-state index contributed by atoms with van der Waals surface area (Å²) in [4.78, 5) is 0.208. The van der Waals surface area contributed by atoms with Gasteiger partial charge in [-0.3, -0.25) is 0 Å². The molecule has 6 nitrogen and oxygen atoms in total. The Morgan fingerprint density at radius 1 is 1.29 bits per heavy atom. The van der Waals surface area contributed by atoms with Crippen molar-refractivity contribution in [1.29, 1.82) is 0 Å². The van der Waals surface area contributed by atoms with Crippen molar-refractivity contribution in [2.75, 3.05) is 19.9 Å².